The summed E-state index contributed by atoms with van der Waals surface area (Å²) in [4.78, 5) is 23.9. The lowest BCUT2D eigenvalue weighted by atomic mass is 10.1. The standard InChI is InChI=1S/C19H20BrN5OS/c1-24-9-15(21-12-24)10-25-8-2-3-17(25)16-11-27-19(22-16)23-18(26)13-4-6-14(20)7-5-13/h4-7,9,11-12,17H,2-3,8,10H2,1H3,(H,22,23,26)/t17-/m0/s1. The van der Waals surface area contributed by atoms with E-state index in [2.05, 4.69) is 47.7 Å². The molecule has 8 heteroatoms. The number of rotatable bonds is 5. The van der Waals surface area contributed by atoms with Gasteiger partial charge in [0.15, 0.2) is 5.13 Å². The third-order valence-corrected chi connectivity index (χ3v) is 5.98. The lowest BCUT2D eigenvalue weighted by Crippen LogP contribution is -2.23. The Morgan fingerprint density at radius 3 is 2.93 bits per heavy atom. The molecule has 1 fully saturated rings. The lowest BCUT2D eigenvalue weighted by Gasteiger charge is -2.21. The van der Waals surface area contributed by atoms with Gasteiger partial charge in [-0.2, -0.15) is 0 Å². The zero-order valence-corrected chi connectivity index (χ0v) is 17.3. The van der Waals surface area contributed by atoms with Crippen LogP contribution in [-0.2, 0) is 13.6 Å². The van der Waals surface area contributed by atoms with Crippen LogP contribution < -0.4 is 5.32 Å². The molecule has 1 amide bonds. The van der Waals surface area contributed by atoms with Gasteiger partial charge in [0.05, 0.1) is 23.8 Å². The molecule has 140 valence electrons. The SMILES string of the molecule is Cn1cnc(CN2CCC[C@H]2c2csc(NC(=O)c3ccc(Br)cc3)n2)c1. The van der Waals surface area contributed by atoms with Crippen LogP contribution in [-0.4, -0.2) is 31.9 Å². The van der Waals surface area contributed by atoms with Crippen molar-refractivity contribution in [3.63, 3.8) is 0 Å². The number of hydrogen-bond acceptors (Lipinski definition) is 5. The highest BCUT2D eigenvalue weighted by atomic mass is 79.9. The molecule has 0 aliphatic carbocycles. The van der Waals surface area contributed by atoms with Crippen molar-refractivity contribution in [3.05, 3.63) is 63.6 Å². The largest absolute Gasteiger partial charge is 0.340 e. The molecule has 1 aliphatic rings. The van der Waals surface area contributed by atoms with Gasteiger partial charge in [-0.25, -0.2) is 9.97 Å². The number of thiazole rings is 1. The van der Waals surface area contributed by atoms with Crippen LogP contribution in [0.2, 0.25) is 0 Å². The Morgan fingerprint density at radius 2 is 2.19 bits per heavy atom. The van der Waals surface area contributed by atoms with Gasteiger partial charge in [0.25, 0.3) is 5.91 Å². The summed E-state index contributed by atoms with van der Waals surface area (Å²) in [6.45, 7) is 1.86. The number of carbonyl (C=O) groups excluding carboxylic acids is 1. The number of aromatic nitrogens is 3. The second kappa shape index (κ2) is 7.92. The Hall–Kier alpha value is -2.03. The van der Waals surface area contributed by atoms with E-state index in [0.29, 0.717) is 10.7 Å². The van der Waals surface area contributed by atoms with Crippen LogP contribution in [0.15, 0.2) is 46.6 Å². The Bertz CT molecular complexity index is 936. The smallest absolute Gasteiger partial charge is 0.257 e. The maximum atomic E-state index is 12.4. The van der Waals surface area contributed by atoms with E-state index in [1.165, 1.54) is 11.3 Å². The summed E-state index contributed by atoms with van der Waals surface area (Å²) >= 11 is 4.86. The van der Waals surface area contributed by atoms with E-state index in [1.807, 2.05) is 30.1 Å². The van der Waals surface area contributed by atoms with Crippen LogP contribution in [0.3, 0.4) is 0 Å². The van der Waals surface area contributed by atoms with Gasteiger partial charge in [-0.3, -0.25) is 15.0 Å². The Kier molecular flexibility index (Phi) is 5.38. The van der Waals surface area contributed by atoms with Gasteiger partial charge in [-0.15, -0.1) is 11.3 Å². The summed E-state index contributed by atoms with van der Waals surface area (Å²) in [5.74, 6) is -0.139. The fourth-order valence-corrected chi connectivity index (χ4v) is 4.39. The number of likely N-dealkylation sites (tertiary alicyclic amines) is 1. The second-order valence-corrected chi connectivity index (χ2v) is 8.47. The Balaban J connectivity index is 1.43. The minimum Gasteiger partial charge on any atom is -0.340 e. The molecule has 1 aromatic carbocycles. The van der Waals surface area contributed by atoms with E-state index >= 15 is 0 Å². The summed E-state index contributed by atoms with van der Waals surface area (Å²) < 4.78 is 2.92. The zero-order chi connectivity index (χ0) is 18.8. The molecule has 1 aliphatic heterocycles. The van der Waals surface area contributed by atoms with Gasteiger partial charge < -0.3 is 4.57 Å². The van der Waals surface area contributed by atoms with Gasteiger partial charge >= 0.3 is 0 Å². The summed E-state index contributed by atoms with van der Waals surface area (Å²) in [6.07, 6.45) is 6.12. The van der Waals surface area contributed by atoms with Crippen LogP contribution in [0.1, 0.15) is 40.6 Å². The molecule has 0 bridgehead atoms. The van der Waals surface area contributed by atoms with E-state index in [-0.39, 0.29) is 11.9 Å². The molecule has 0 saturated carbocycles. The average Bonchev–Trinajstić information content (AvgIpc) is 3.37. The molecule has 2 aromatic heterocycles. The number of halogens is 1. The van der Waals surface area contributed by atoms with Crippen molar-refractivity contribution >= 4 is 38.3 Å². The highest BCUT2D eigenvalue weighted by Gasteiger charge is 2.28. The van der Waals surface area contributed by atoms with Crippen molar-refractivity contribution in [1.29, 1.82) is 0 Å². The lowest BCUT2D eigenvalue weighted by molar-refractivity contribution is 0.102. The van der Waals surface area contributed by atoms with E-state index in [1.54, 1.807) is 12.1 Å². The number of imidazole rings is 1. The third-order valence-electron chi connectivity index (χ3n) is 4.68. The van der Waals surface area contributed by atoms with Crippen LogP contribution in [0.5, 0.6) is 0 Å². The molecule has 0 unspecified atom stereocenters. The normalized spacial score (nSPS) is 17.3. The number of nitrogens with one attached hydrogen (secondary N) is 1. The minimum atomic E-state index is -0.139. The van der Waals surface area contributed by atoms with Crippen molar-refractivity contribution in [3.8, 4) is 0 Å². The van der Waals surface area contributed by atoms with E-state index in [4.69, 9.17) is 0 Å². The van der Waals surface area contributed by atoms with Gasteiger partial charge in [-0.05, 0) is 43.7 Å². The second-order valence-electron chi connectivity index (χ2n) is 6.70. The van der Waals surface area contributed by atoms with Crippen LogP contribution in [0.25, 0.3) is 0 Å². The van der Waals surface area contributed by atoms with Crippen LogP contribution in [0, 0.1) is 0 Å². The Morgan fingerprint density at radius 1 is 1.37 bits per heavy atom. The van der Waals surface area contributed by atoms with Crippen molar-refractivity contribution < 1.29 is 4.79 Å². The van der Waals surface area contributed by atoms with Gasteiger partial charge in [0, 0.05) is 35.2 Å². The fourth-order valence-electron chi connectivity index (χ4n) is 3.37. The highest BCUT2D eigenvalue weighted by molar-refractivity contribution is 9.10. The van der Waals surface area contributed by atoms with Crippen LogP contribution in [0.4, 0.5) is 5.13 Å². The highest BCUT2D eigenvalue weighted by Crippen LogP contribution is 2.34. The summed E-state index contributed by atoms with van der Waals surface area (Å²) in [5.41, 5.74) is 2.72. The molecular formula is C19H20BrN5OS. The number of carbonyl (C=O) groups is 1. The number of benzene rings is 1. The maximum Gasteiger partial charge on any atom is 0.257 e. The van der Waals surface area contributed by atoms with Crippen molar-refractivity contribution in [2.24, 2.45) is 7.05 Å². The average molecular weight is 446 g/mol. The van der Waals surface area contributed by atoms with Crippen molar-refractivity contribution in [2.45, 2.75) is 25.4 Å². The zero-order valence-electron chi connectivity index (χ0n) is 14.9. The van der Waals surface area contributed by atoms with Crippen molar-refractivity contribution in [1.82, 2.24) is 19.4 Å². The third kappa shape index (κ3) is 4.28. The first-order valence-electron chi connectivity index (χ1n) is 8.82. The van der Waals surface area contributed by atoms with Crippen LogP contribution >= 0.6 is 27.3 Å². The molecule has 3 aromatic rings. The minimum absolute atomic E-state index is 0.139. The van der Waals surface area contributed by atoms with E-state index in [9.17, 15) is 4.79 Å². The van der Waals surface area contributed by atoms with Gasteiger partial charge in [-0.1, -0.05) is 15.9 Å². The summed E-state index contributed by atoms with van der Waals surface area (Å²) in [7, 11) is 1.98. The molecule has 27 heavy (non-hydrogen) atoms. The molecule has 1 atom stereocenters. The molecule has 4 rings (SSSR count). The first-order valence-corrected chi connectivity index (χ1v) is 10.5. The molecule has 6 nitrogen and oxygen atoms in total. The number of amides is 1. The molecule has 0 spiro atoms. The van der Waals surface area contributed by atoms with Gasteiger partial charge in [0.2, 0.25) is 0 Å². The fraction of sp³-hybridized carbons (Fsp3) is 0.316. The maximum absolute atomic E-state index is 12.4. The number of hydrogen-bond donors (Lipinski definition) is 1. The first-order chi connectivity index (χ1) is 13.1. The first kappa shape index (κ1) is 18.3. The molecular weight excluding hydrogens is 426 g/mol. The number of anilines is 1. The number of aryl methyl sites for hydroxylation is 1. The quantitative estimate of drug-likeness (QED) is 0.637. The number of nitrogens with zero attached hydrogens (tertiary/aromatic N) is 4. The monoisotopic (exact) mass is 445 g/mol. The van der Waals surface area contributed by atoms with E-state index < -0.39 is 0 Å². The Labute approximate surface area is 170 Å². The van der Waals surface area contributed by atoms with Gasteiger partial charge in [0.1, 0.15) is 0 Å². The molecule has 3 heterocycles. The van der Waals surface area contributed by atoms with E-state index in [0.717, 1.165) is 41.8 Å². The summed E-state index contributed by atoms with van der Waals surface area (Å²) in [6, 6.07) is 7.58. The summed E-state index contributed by atoms with van der Waals surface area (Å²) in [5, 5.41) is 5.60. The van der Waals surface area contributed by atoms with Crippen molar-refractivity contribution in [2.75, 3.05) is 11.9 Å². The topological polar surface area (TPSA) is 63.1 Å². The molecule has 1 saturated heterocycles. The molecule has 0 radical (unpaired) electrons. The predicted molar refractivity (Wildman–Crippen MR) is 110 cm³/mol. The predicted octanol–water partition coefficient (Wildman–Crippen LogP) is 4.23. The molecule has 1 N–H and O–H groups in total.